The number of methoxy groups -OCH3 is 1. The Labute approximate surface area is 111 Å². The standard InChI is InChI=1S/C15H26N2O/c1-6-17-14(7-8-15(3,4)18-5)13-9-12(2)10-16-11-13/h9-11,14,17H,6-8H2,1-5H3. The molecular weight excluding hydrogens is 224 g/mol. The molecule has 3 heteroatoms. The van der Waals surface area contributed by atoms with Gasteiger partial charge in [-0.25, -0.2) is 0 Å². The van der Waals surface area contributed by atoms with Crippen LogP contribution in [0.5, 0.6) is 0 Å². The van der Waals surface area contributed by atoms with Crippen LogP contribution >= 0.6 is 0 Å². The average Bonchev–Trinajstić information content (AvgIpc) is 2.34. The van der Waals surface area contributed by atoms with Gasteiger partial charge in [0.15, 0.2) is 0 Å². The summed E-state index contributed by atoms with van der Waals surface area (Å²) in [6.45, 7) is 9.44. The van der Waals surface area contributed by atoms with Crippen molar-refractivity contribution in [1.82, 2.24) is 10.3 Å². The fourth-order valence-corrected chi connectivity index (χ4v) is 2.00. The molecule has 0 fully saturated rings. The molecular formula is C15H26N2O. The first-order valence-corrected chi connectivity index (χ1v) is 6.68. The second kappa shape index (κ2) is 6.86. The minimum absolute atomic E-state index is 0.0646. The minimum atomic E-state index is -0.0646. The molecule has 1 unspecified atom stereocenters. The molecule has 0 radical (unpaired) electrons. The van der Waals surface area contributed by atoms with E-state index < -0.39 is 0 Å². The van der Waals surface area contributed by atoms with E-state index >= 15 is 0 Å². The summed E-state index contributed by atoms with van der Waals surface area (Å²) >= 11 is 0. The molecule has 0 saturated heterocycles. The summed E-state index contributed by atoms with van der Waals surface area (Å²) in [6, 6.07) is 2.57. The zero-order chi connectivity index (χ0) is 13.6. The van der Waals surface area contributed by atoms with Crippen molar-refractivity contribution in [2.45, 2.75) is 52.2 Å². The lowest BCUT2D eigenvalue weighted by Crippen LogP contribution is -2.27. The van der Waals surface area contributed by atoms with Crippen LogP contribution in [0.15, 0.2) is 18.5 Å². The molecule has 1 rings (SSSR count). The van der Waals surface area contributed by atoms with Gasteiger partial charge in [-0.1, -0.05) is 13.0 Å². The van der Waals surface area contributed by atoms with E-state index in [1.165, 1.54) is 11.1 Å². The number of aryl methyl sites for hydroxylation is 1. The van der Waals surface area contributed by atoms with E-state index in [2.05, 4.69) is 44.1 Å². The van der Waals surface area contributed by atoms with Crippen molar-refractivity contribution in [2.75, 3.05) is 13.7 Å². The fraction of sp³-hybridized carbons (Fsp3) is 0.667. The van der Waals surface area contributed by atoms with Gasteiger partial charge in [0, 0.05) is 25.5 Å². The van der Waals surface area contributed by atoms with E-state index in [1.807, 2.05) is 12.4 Å². The van der Waals surface area contributed by atoms with Crippen molar-refractivity contribution >= 4 is 0 Å². The zero-order valence-electron chi connectivity index (χ0n) is 12.3. The summed E-state index contributed by atoms with van der Waals surface area (Å²) in [5.41, 5.74) is 2.41. The second-order valence-electron chi connectivity index (χ2n) is 5.41. The van der Waals surface area contributed by atoms with E-state index in [9.17, 15) is 0 Å². The highest BCUT2D eigenvalue weighted by atomic mass is 16.5. The molecule has 0 aliphatic rings. The van der Waals surface area contributed by atoms with E-state index in [-0.39, 0.29) is 5.60 Å². The Morgan fingerprint density at radius 2 is 2.11 bits per heavy atom. The molecule has 1 atom stereocenters. The van der Waals surface area contributed by atoms with Crippen molar-refractivity contribution in [3.63, 3.8) is 0 Å². The number of nitrogens with one attached hydrogen (secondary N) is 1. The topological polar surface area (TPSA) is 34.1 Å². The summed E-state index contributed by atoms with van der Waals surface area (Å²) < 4.78 is 5.48. The first-order valence-electron chi connectivity index (χ1n) is 6.68. The number of hydrogen-bond acceptors (Lipinski definition) is 3. The third-order valence-electron chi connectivity index (χ3n) is 3.34. The van der Waals surface area contributed by atoms with Gasteiger partial charge in [0.25, 0.3) is 0 Å². The largest absolute Gasteiger partial charge is 0.379 e. The molecule has 0 aliphatic carbocycles. The predicted molar refractivity (Wildman–Crippen MR) is 75.7 cm³/mol. The zero-order valence-corrected chi connectivity index (χ0v) is 12.3. The number of aromatic nitrogens is 1. The summed E-state index contributed by atoms with van der Waals surface area (Å²) in [4.78, 5) is 4.28. The Kier molecular flexibility index (Phi) is 5.76. The van der Waals surface area contributed by atoms with Crippen molar-refractivity contribution in [2.24, 2.45) is 0 Å². The molecule has 1 heterocycles. The summed E-state index contributed by atoms with van der Waals surface area (Å²) in [7, 11) is 1.77. The van der Waals surface area contributed by atoms with Crippen LogP contribution in [-0.4, -0.2) is 24.2 Å². The molecule has 3 nitrogen and oxygen atoms in total. The highest BCUT2D eigenvalue weighted by molar-refractivity contribution is 5.20. The first-order chi connectivity index (χ1) is 8.48. The van der Waals surface area contributed by atoms with Crippen LogP contribution < -0.4 is 5.32 Å². The van der Waals surface area contributed by atoms with Crippen LogP contribution in [-0.2, 0) is 4.74 Å². The molecule has 1 N–H and O–H groups in total. The maximum atomic E-state index is 5.48. The second-order valence-corrected chi connectivity index (χ2v) is 5.41. The summed E-state index contributed by atoms with van der Waals surface area (Å²) in [6.07, 6.45) is 5.93. The Morgan fingerprint density at radius 3 is 2.67 bits per heavy atom. The Hall–Kier alpha value is -0.930. The monoisotopic (exact) mass is 250 g/mol. The first kappa shape index (κ1) is 15.1. The molecule has 0 amide bonds. The van der Waals surface area contributed by atoms with E-state index in [0.717, 1.165) is 19.4 Å². The van der Waals surface area contributed by atoms with E-state index in [1.54, 1.807) is 7.11 Å². The quantitative estimate of drug-likeness (QED) is 0.806. The number of nitrogens with zero attached hydrogens (tertiary/aromatic N) is 1. The van der Waals surface area contributed by atoms with Crippen LogP contribution in [0.3, 0.4) is 0 Å². The molecule has 102 valence electrons. The number of rotatable bonds is 7. The SMILES string of the molecule is CCNC(CCC(C)(C)OC)c1cncc(C)c1. The number of pyridine rings is 1. The maximum Gasteiger partial charge on any atom is 0.0623 e. The highest BCUT2D eigenvalue weighted by Gasteiger charge is 2.20. The van der Waals surface area contributed by atoms with E-state index in [0.29, 0.717) is 6.04 Å². The lowest BCUT2D eigenvalue weighted by atomic mass is 9.95. The van der Waals surface area contributed by atoms with Gasteiger partial charge in [0.05, 0.1) is 5.60 Å². The molecule has 1 aromatic rings. The fourth-order valence-electron chi connectivity index (χ4n) is 2.00. The van der Waals surface area contributed by atoms with Crippen LogP contribution in [0.25, 0.3) is 0 Å². The maximum absolute atomic E-state index is 5.48. The van der Waals surface area contributed by atoms with Gasteiger partial charge in [-0.3, -0.25) is 4.98 Å². The smallest absolute Gasteiger partial charge is 0.0623 e. The Morgan fingerprint density at radius 1 is 1.39 bits per heavy atom. The molecule has 18 heavy (non-hydrogen) atoms. The molecule has 1 aromatic heterocycles. The number of hydrogen-bond donors (Lipinski definition) is 1. The van der Waals surface area contributed by atoms with Crippen LogP contribution in [0.1, 0.15) is 50.8 Å². The molecule has 0 spiro atoms. The number of ether oxygens (including phenoxy) is 1. The lowest BCUT2D eigenvalue weighted by molar-refractivity contribution is 0.0117. The van der Waals surface area contributed by atoms with Crippen LogP contribution in [0, 0.1) is 6.92 Å². The third kappa shape index (κ3) is 4.75. The molecule has 0 saturated carbocycles. The molecule has 0 bridgehead atoms. The van der Waals surface area contributed by atoms with Gasteiger partial charge in [0.1, 0.15) is 0 Å². The molecule has 0 aromatic carbocycles. The third-order valence-corrected chi connectivity index (χ3v) is 3.34. The van der Waals surface area contributed by atoms with Crippen LogP contribution in [0.2, 0.25) is 0 Å². The van der Waals surface area contributed by atoms with Gasteiger partial charge in [-0.2, -0.15) is 0 Å². The van der Waals surface area contributed by atoms with Crippen molar-refractivity contribution in [3.05, 3.63) is 29.6 Å². The van der Waals surface area contributed by atoms with Gasteiger partial charge in [-0.05, 0) is 51.3 Å². The van der Waals surface area contributed by atoms with Gasteiger partial charge >= 0.3 is 0 Å². The van der Waals surface area contributed by atoms with Crippen molar-refractivity contribution < 1.29 is 4.74 Å². The average molecular weight is 250 g/mol. The molecule has 0 aliphatic heterocycles. The van der Waals surface area contributed by atoms with Gasteiger partial charge < -0.3 is 10.1 Å². The van der Waals surface area contributed by atoms with Crippen LogP contribution in [0.4, 0.5) is 0 Å². The lowest BCUT2D eigenvalue weighted by Gasteiger charge is -2.26. The normalized spacial score (nSPS) is 13.6. The van der Waals surface area contributed by atoms with Gasteiger partial charge in [-0.15, -0.1) is 0 Å². The van der Waals surface area contributed by atoms with E-state index in [4.69, 9.17) is 4.74 Å². The van der Waals surface area contributed by atoms with Crippen molar-refractivity contribution in [3.8, 4) is 0 Å². The highest BCUT2D eigenvalue weighted by Crippen LogP contribution is 2.24. The Bertz CT molecular complexity index is 363. The predicted octanol–water partition coefficient (Wildman–Crippen LogP) is 3.25. The van der Waals surface area contributed by atoms with Gasteiger partial charge in [0.2, 0.25) is 0 Å². The van der Waals surface area contributed by atoms with Crippen molar-refractivity contribution in [1.29, 1.82) is 0 Å². The Balaban J connectivity index is 2.71. The minimum Gasteiger partial charge on any atom is -0.379 e. The summed E-state index contributed by atoms with van der Waals surface area (Å²) in [5.74, 6) is 0. The summed E-state index contributed by atoms with van der Waals surface area (Å²) in [5, 5.41) is 3.53.